The first-order chi connectivity index (χ1) is 11.7. The highest BCUT2D eigenvalue weighted by atomic mass is 35.5. The number of hydrogen-bond donors (Lipinski definition) is 0. The predicted octanol–water partition coefficient (Wildman–Crippen LogP) is 1.89. The molecule has 25 heavy (non-hydrogen) atoms. The molecular formula is C15H16ClF3N2O4. The van der Waals surface area contributed by atoms with E-state index in [1.54, 1.807) is 0 Å². The molecule has 2 saturated heterocycles. The lowest BCUT2D eigenvalue weighted by Crippen LogP contribution is -2.48. The SMILES string of the molecule is O=C(Cn1cc(C(F)(F)F)cc(Cl)c1=O)N1CCC2(CC1)OCCO2. The number of amides is 1. The largest absolute Gasteiger partial charge is 0.417 e. The monoisotopic (exact) mass is 380 g/mol. The van der Waals surface area contributed by atoms with Gasteiger partial charge < -0.3 is 18.9 Å². The van der Waals surface area contributed by atoms with E-state index in [0.29, 0.717) is 56.0 Å². The van der Waals surface area contributed by atoms with Gasteiger partial charge >= 0.3 is 6.18 Å². The van der Waals surface area contributed by atoms with Gasteiger partial charge in [-0.05, 0) is 6.07 Å². The molecule has 0 saturated carbocycles. The van der Waals surface area contributed by atoms with Crippen molar-refractivity contribution in [2.45, 2.75) is 31.3 Å². The van der Waals surface area contributed by atoms with Gasteiger partial charge in [0.2, 0.25) is 5.91 Å². The van der Waals surface area contributed by atoms with Crippen molar-refractivity contribution < 1.29 is 27.4 Å². The van der Waals surface area contributed by atoms with Gasteiger partial charge in [-0.15, -0.1) is 0 Å². The fraction of sp³-hybridized carbons (Fsp3) is 0.600. The molecule has 0 radical (unpaired) electrons. The number of rotatable bonds is 2. The van der Waals surface area contributed by atoms with Crippen LogP contribution in [0.15, 0.2) is 17.1 Å². The lowest BCUT2D eigenvalue weighted by Gasteiger charge is -2.37. The van der Waals surface area contributed by atoms with E-state index < -0.39 is 40.6 Å². The van der Waals surface area contributed by atoms with Crippen molar-refractivity contribution in [1.82, 2.24) is 9.47 Å². The molecule has 2 fully saturated rings. The van der Waals surface area contributed by atoms with Gasteiger partial charge in [-0.25, -0.2) is 0 Å². The second kappa shape index (κ2) is 6.62. The molecule has 1 aromatic rings. The van der Waals surface area contributed by atoms with Crippen molar-refractivity contribution in [2.24, 2.45) is 0 Å². The van der Waals surface area contributed by atoms with Crippen LogP contribution in [0.25, 0.3) is 0 Å². The summed E-state index contributed by atoms with van der Waals surface area (Å²) in [6.07, 6.45) is -3.08. The summed E-state index contributed by atoms with van der Waals surface area (Å²) in [5.41, 5.74) is -1.91. The van der Waals surface area contributed by atoms with E-state index in [1.165, 1.54) is 4.90 Å². The smallest absolute Gasteiger partial charge is 0.347 e. The fourth-order valence-electron chi connectivity index (χ4n) is 3.00. The van der Waals surface area contributed by atoms with Crippen LogP contribution in [0.4, 0.5) is 13.2 Å². The van der Waals surface area contributed by atoms with Crippen LogP contribution in [0, 0.1) is 0 Å². The second-order valence-corrected chi connectivity index (χ2v) is 6.40. The number of halogens is 4. The number of pyridine rings is 1. The van der Waals surface area contributed by atoms with E-state index in [4.69, 9.17) is 21.1 Å². The molecule has 10 heteroatoms. The Morgan fingerprint density at radius 3 is 2.40 bits per heavy atom. The Kier molecular flexibility index (Phi) is 4.82. The number of ether oxygens (including phenoxy) is 2. The fourth-order valence-corrected chi connectivity index (χ4v) is 3.23. The first kappa shape index (κ1) is 18.2. The summed E-state index contributed by atoms with van der Waals surface area (Å²) < 4.78 is 50.3. The maximum absolute atomic E-state index is 12.8. The van der Waals surface area contributed by atoms with E-state index in [1.807, 2.05) is 0 Å². The molecule has 2 aliphatic heterocycles. The minimum absolute atomic E-state index is 0.347. The highest BCUT2D eigenvalue weighted by Gasteiger charge is 2.40. The molecule has 0 aromatic carbocycles. The van der Waals surface area contributed by atoms with E-state index in [2.05, 4.69) is 0 Å². The molecule has 3 rings (SSSR count). The van der Waals surface area contributed by atoms with Gasteiger partial charge in [-0.3, -0.25) is 9.59 Å². The molecule has 0 N–H and O–H groups in total. The summed E-state index contributed by atoms with van der Waals surface area (Å²) in [6, 6.07) is 0.560. The Morgan fingerprint density at radius 1 is 1.24 bits per heavy atom. The van der Waals surface area contributed by atoms with Gasteiger partial charge in [-0.1, -0.05) is 11.6 Å². The Morgan fingerprint density at radius 2 is 1.84 bits per heavy atom. The Balaban J connectivity index is 1.71. The van der Waals surface area contributed by atoms with E-state index in [-0.39, 0.29) is 0 Å². The third-order valence-corrected chi connectivity index (χ3v) is 4.64. The molecule has 0 atom stereocenters. The molecular weight excluding hydrogens is 365 g/mol. The first-order valence-corrected chi connectivity index (χ1v) is 8.11. The Bertz CT molecular complexity index is 718. The van der Waals surface area contributed by atoms with Crippen LogP contribution >= 0.6 is 11.6 Å². The molecule has 0 aliphatic carbocycles. The summed E-state index contributed by atoms with van der Waals surface area (Å²) in [7, 11) is 0. The van der Waals surface area contributed by atoms with Gasteiger partial charge in [0.1, 0.15) is 11.6 Å². The number of nitrogens with zero attached hydrogens (tertiary/aromatic N) is 2. The first-order valence-electron chi connectivity index (χ1n) is 7.73. The summed E-state index contributed by atoms with van der Waals surface area (Å²) >= 11 is 5.58. The number of hydrogen-bond acceptors (Lipinski definition) is 4. The minimum Gasteiger partial charge on any atom is -0.347 e. The maximum Gasteiger partial charge on any atom is 0.417 e. The van der Waals surface area contributed by atoms with Crippen LogP contribution in [0.5, 0.6) is 0 Å². The van der Waals surface area contributed by atoms with Crippen LogP contribution in [0.1, 0.15) is 18.4 Å². The molecule has 1 amide bonds. The van der Waals surface area contributed by atoms with E-state index in [0.717, 1.165) is 0 Å². The van der Waals surface area contributed by atoms with Crippen molar-refractivity contribution in [2.75, 3.05) is 26.3 Å². The van der Waals surface area contributed by atoms with Gasteiger partial charge in [-0.2, -0.15) is 13.2 Å². The molecule has 2 aliphatic rings. The van der Waals surface area contributed by atoms with Crippen molar-refractivity contribution in [3.63, 3.8) is 0 Å². The highest BCUT2D eigenvalue weighted by molar-refractivity contribution is 6.30. The second-order valence-electron chi connectivity index (χ2n) is 6.00. The summed E-state index contributed by atoms with van der Waals surface area (Å²) in [5.74, 6) is -1.11. The number of likely N-dealkylation sites (tertiary alicyclic amines) is 1. The zero-order valence-corrected chi connectivity index (χ0v) is 13.9. The average Bonchev–Trinajstić information content (AvgIpc) is 2.99. The third kappa shape index (κ3) is 3.83. The van der Waals surface area contributed by atoms with E-state index >= 15 is 0 Å². The molecule has 3 heterocycles. The topological polar surface area (TPSA) is 60.8 Å². The zero-order chi connectivity index (χ0) is 18.2. The number of alkyl halides is 3. The molecule has 0 bridgehead atoms. The molecule has 1 spiro atoms. The Hall–Kier alpha value is -1.58. The lowest BCUT2D eigenvalue weighted by molar-refractivity contribution is -0.187. The van der Waals surface area contributed by atoms with Crippen LogP contribution in [-0.4, -0.2) is 47.5 Å². The summed E-state index contributed by atoms with van der Waals surface area (Å²) in [6.45, 7) is 1.20. The van der Waals surface area contributed by atoms with Crippen LogP contribution in [-0.2, 0) is 27.0 Å². The Labute approximate surface area is 146 Å². The quantitative estimate of drug-likeness (QED) is 0.786. The predicted molar refractivity (Wildman–Crippen MR) is 81.2 cm³/mol. The average molecular weight is 381 g/mol. The van der Waals surface area contributed by atoms with Gasteiger partial charge in [0.15, 0.2) is 5.79 Å². The highest BCUT2D eigenvalue weighted by Crippen LogP contribution is 2.32. The number of carbonyl (C=O) groups is 1. The standard InChI is InChI=1S/C15H16ClF3N2O4/c16-11-7-10(15(17,18)19)8-21(13(11)23)9-12(22)20-3-1-14(2-4-20)24-5-6-25-14/h7-8H,1-6,9H2. The number of carbonyl (C=O) groups excluding carboxylic acids is 1. The maximum atomic E-state index is 12.8. The normalized spacial score (nSPS) is 20.2. The van der Waals surface area contributed by atoms with Crippen LogP contribution < -0.4 is 5.56 Å². The van der Waals surface area contributed by atoms with Crippen molar-refractivity contribution in [1.29, 1.82) is 0 Å². The van der Waals surface area contributed by atoms with Crippen molar-refractivity contribution in [3.8, 4) is 0 Å². The number of piperidine rings is 1. The summed E-state index contributed by atoms with van der Waals surface area (Å²) in [4.78, 5) is 25.8. The zero-order valence-electron chi connectivity index (χ0n) is 13.1. The van der Waals surface area contributed by atoms with Crippen molar-refractivity contribution in [3.05, 3.63) is 33.2 Å². The molecule has 138 valence electrons. The summed E-state index contributed by atoms with van der Waals surface area (Å²) in [5, 5.41) is -0.576. The molecule has 0 unspecified atom stereocenters. The van der Waals surface area contributed by atoms with Gasteiger partial charge in [0.05, 0.1) is 18.8 Å². The number of aromatic nitrogens is 1. The molecule has 1 aromatic heterocycles. The minimum atomic E-state index is -4.66. The van der Waals surface area contributed by atoms with Crippen LogP contribution in [0.3, 0.4) is 0 Å². The molecule has 6 nitrogen and oxygen atoms in total. The van der Waals surface area contributed by atoms with Crippen LogP contribution in [0.2, 0.25) is 5.02 Å². The lowest BCUT2D eigenvalue weighted by atomic mass is 10.0. The van der Waals surface area contributed by atoms with E-state index in [9.17, 15) is 22.8 Å². The van der Waals surface area contributed by atoms with Crippen molar-refractivity contribution >= 4 is 17.5 Å². The van der Waals surface area contributed by atoms with Gasteiger partial charge in [0.25, 0.3) is 5.56 Å². The van der Waals surface area contributed by atoms with Gasteiger partial charge in [0, 0.05) is 32.1 Å². The third-order valence-electron chi connectivity index (χ3n) is 4.37.